The zero-order valence-corrected chi connectivity index (χ0v) is 12.8. The summed E-state index contributed by atoms with van der Waals surface area (Å²) in [6.07, 6.45) is 15.7. The Labute approximate surface area is 99.6 Å². The van der Waals surface area contributed by atoms with Gasteiger partial charge in [0.05, 0.1) is 0 Å². The number of hydrogen-bond acceptors (Lipinski definition) is 1. The fraction of sp³-hybridized carbons (Fsp3) is 1.00. The molecule has 0 heterocycles. The van der Waals surface area contributed by atoms with Crippen molar-refractivity contribution in [3.63, 3.8) is 0 Å². The van der Waals surface area contributed by atoms with E-state index in [1.807, 2.05) is 0 Å². The van der Waals surface area contributed by atoms with Crippen molar-refractivity contribution in [3.05, 3.63) is 0 Å². The van der Waals surface area contributed by atoms with E-state index in [9.17, 15) is 0 Å². The molecule has 0 aliphatic carbocycles. The molecule has 0 aromatic rings. The molecular weight excluding hydrogens is 198 g/mol. The van der Waals surface area contributed by atoms with Crippen LogP contribution in [-0.2, 0) is 0 Å². The van der Waals surface area contributed by atoms with Crippen molar-refractivity contribution in [1.82, 2.24) is 0 Å². The third kappa shape index (κ3) is 14.2. The summed E-state index contributed by atoms with van der Waals surface area (Å²) in [4.78, 5) is 0. The molecule has 0 radical (unpaired) electrons. The van der Waals surface area contributed by atoms with Gasteiger partial charge in [-0.25, -0.2) is 0 Å². The molecule has 2 N–H and O–H groups in total. The van der Waals surface area contributed by atoms with Crippen LogP contribution in [-0.4, -0.2) is 16.8 Å². The van der Waals surface area contributed by atoms with Crippen molar-refractivity contribution in [3.8, 4) is 0 Å². The molecule has 0 spiro atoms. The Hall–Kier alpha value is 0.177. The molecule has 1 nitrogen and oxygen atoms in total. The summed E-state index contributed by atoms with van der Waals surface area (Å²) in [5, 5.41) is 0. The quantitative estimate of drug-likeness (QED) is 0.404. The van der Waals surface area contributed by atoms with Gasteiger partial charge in [-0.1, -0.05) is 70.3 Å². The maximum absolute atomic E-state index is 5.45. The van der Waals surface area contributed by atoms with E-state index in [2.05, 4.69) is 0 Å². The Morgan fingerprint density at radius 2 is 0.867 bits per heavy atom. The first-order valence-corrected chi connectivity index (χ1v) is 8.53. The van der Waals surface area contributed by atoms with Crippen molar-refractivity contribution in [2.75, 3.05) is 6.54 Å². The van der Waals surface area contributed by atoms with Crippen molar-refractivity contribution in [2.24, 2.45) is 5.73 Å². The average Bonchev–Trinajstić information content (AvgIpc) is 2.26. The molecule has 0 aliphatic rings. The lowest BCUT2D eigenvalue weighted by atomic mass is 10.1. The van der Waals surface area contributed by atoms with E-state index < -0.39 is 0 Å². The summed E-state index contributed by atoms with van der Waals surface area (Å²) in [6.45, 7) is 0.875. The van der Waals surface area contributed by atoms with Gasteiger partial charge in [-0.3, -0.25) is 0 Å². The third-order valence-corrected chi connectivity index (χ3v) is 3.76. The van der Waals surface area contributed by atoms with E-state index in [4.69, 9.17) is 5.73 Å². The molecule has 2 heteroatoms. The summed E-state index contributed by atoms with van der Waals surface area (Å²) in [6, 6.07) is 1.50. The van der Waals surface area contributed by atoms with Gasteiger partial charge in [-0.05, 0) is 13.0 Å². The van der Waals surface area contributed by atoms with Crippen LogP contribution in [0.4, 0.5) is 0 Å². The smallest absolute Gasteiger partial charge is 0.00279 e. The van der Waals surface area contributed by atoms with Crippen LogP contribution in [0, 0.1) is 0 Å². The SMILES string of the molecule is NCCCCCCCCCCCCC[SiH3]. The Balaban J connectivity index is 2.81. The molecule has 15 heavy (non-hydrogen) atoms. The molecular formula is C13H31NSi. The van der Waals surface area contributed by atoms with Crippen molar-refractivity contribution in [2.45, 2.75) is 76.7 Å². The maximum Gasteiger partial charge on any atom is 0.00279 e. The normalized spacial score (nSPS) is 11.0. The molecule has 0 saturated carbocycles. The van der Waals surface area contributed by atoms with E-state index in [0.29, 0.717) is 0 Å². The molecule has 0 amide bonds. The third-order valence-electron chi connectivity index (χ3n) is 3.06. The Morgan fingerprint density at radius 3 is 1.20 bits per heavy atom. The summed E-state index contributed by atoms with van der Waals surface area (Å²) >= 11 is 0. The lowest BCUT2D eigenvalue weighted by molar-refractivity contribution is 0.551. The maximum atomic E-state index is 5.45. The summed E-state index contributed by atoms with van der Waals surface area (Å²) in [7, 11) is 1.40. The minimum absolute atomic E-state index is 0.875. The van der Waals surface area contributed by atoms with Crippen molar-refractivity contribution in [1.29, 1.82) is 0 Å². The standard InChI is InChI=1S/C13H31NSi/c14-12-10-8-6-4-2-1-3-5-7-9-11-13-15/h1-14H2,15H3. The van der Waals surface area contributed by atoms with E-state index >= 15 is 0 Å². The first-order chi connectivity index (χ1) is 7.41. The van der Waals surface area contributed by atoms with Crippen LogP contribution >= 0.6 is 0 Å². The van der Waals surface area contributed by atoms with Crippen molar-refractivity contribution < 1.29 is 0 Å². The molecule has 0 fully saturated rings. The van der Waals surface area contributed by atoms with Crippen molar-refractivity contribution >= 4 is 10.2 Å². The lowest BCUT2D eigenvalue weighted by Crippen LogP contribution is -1.97. The van der Waals surface area contributed by atoms with Gasteiger partial charge in [0.1, 0.15) is 0 Å². The average molecular weight is 229 g/mol. The Bertz CT molecular complexity index is 94.7. The Kier molecular flexibility index (Phi) is 14.3. The highest BCUT2D eigenvalue weighted by Crippen LogP contribution is 2.11. The van der Waals surface area contributed by atoms with Gasteiger partial charge < -0.3 is 5.73 Å². The van der Waals surface area contributed by atoms with Crippen LogP contribution in [0.1, 0.15) is 70.6 Å². The predicted molar refractivity (Wildman–Crippen MR) is 74.6 cm³/mol. The molecule has 0 aromatic heterocycles. The summed E-state index contributed by atoms with van der Waals surface area (Å²) < 4.78 is 0. The van der Waals surface area contributed by atoms with Crippen LogP contribution < -0.4 is 5.73 Å². The minimum Gasteiger partial charge on any atom is -0.330 e. The molecule has 92 valence electrons. The first-order valence-electron chi connectivity index (χ1n) is 7.12. The molecule has 0 rings (SSSR count). The van der Waals surface area contributed by atoms with E-state index in [1.54, 1.807) is 0 Å². The van der Waals surface area contributed by atoms with Crippen LogP contribution in [0.5, 0.6) is 0 Å². The summed E-state index contributed by atoms with van der Waals surface area (Å²) in [5.74, 6) is 0. The van der Waals surface area contributed by atoms with E-state index in [0.717, 1.165) is 6.54 Å². The molecule has 0 saturated heterocycles. The van der Waals surface area contributed by atoms with E-state index in [-0.39, 0.29) is 0 Å². The second kappa shape index (κ2) is 14.2. The number of nitrogens with two attached hydrogens (primary N) is 1. The van der Waals surface area contributed by atoms with Gasteiger partial charge in [-0.2, -0.15) is 0 Å². The fourth-order valence-electron chi connectivity index (χ4n) is 1.99. The van der Waals surface area contributed by atoms with Crippen LogP contribution in [0.3, 0.4) is 0 Å². The molecule has 0 unspecified atom stereocenters. The number of hydrogen-bond donors (Lipinski definition) is 1. The first kappa shape index (κ1) is 15.2. The van der Waals surface area contributed by atoms with E-state index in [1.165, 1.54) is 86.9 Å². The highest BCUT2D eigenvalue weighted by atomic mass is 28.1. The minimum atomic E-state index is 0.875. The van der Waals surface area contributed by atoms with Crippen LogP contribution in [0.2, 0.25) is 6.04 Å². The number of rotatable bonds is 12. The predicted octanol–water partition coefficient (Wildman–Crippen LogP) is 3.02. The molecule has 0 aliphatic heterocycles. The van der Waals surface area contributed by atoms with Gasteiger partial charge in [0, 0.05) is 10.2 Å². The van der Waals surface area contributed by atoms with Gasteiger partial charge in [0.25, 0.3) is 0 Å². The van der Waals surface area contributed by atoms with Gasteiger partial charge in [0.2, 0.25) is 0 Å². The fourth-order valence-corrected chi connectivity index (χ4v) is 2.49. The highest BCUT2D eigenvalue weighted by molar-refractivity contribution is 6.08. The highest BCUT2D eigenvalue weighted by Gasteiger charge is 1.92. The second-order valence-corrected chi connectivity index (χ2v) is 5.68. The zero-order chi connectivity index (χ0) is 11.2. The lowest BCUT2D eigenvalue weighted by Gasteiger charge is -2.01. The summed E-state index contributed by atoms with van der Waals surface area (Å²) in [5.41, 5.74) is 5.45. The van der Waals surface area contributed by atoms with Crippen LogP contribution in [0.15, 0.2) is 0 Å². The molecule has 0 bridgehead atoms. The monoisotopic (exact) mass is 229 g/mol. The molecule has 0 aromatic carbocycles. The van der Waals surface area contributed by atoms with Gasteiger partial charge >= 0.3 is 0 Å². The Morgan fingerprint density at radius 1 is 0.533 bits per heavy atom. The van der Waals surface area contributed by atoms with Gasteiger partial charge in [0.15, 0.2) is 0 Å². The zero-order valence-electron chi connectivity index (χ0n) is 10.8. The second-order valence-electron chi connectivity index (χ2n) is 4.68. The topological polar surface area (TPSA) is 26.0 Å². The van der Waals surface area contributed by atoms with Crippen LogP contribution in [0.25, 0.3) is 0 Å². The number of unbranched alkanes of at least 4 members (excludes halogenated alkanes) is 10. The van der Waals surface area contributed by atoms with Gasteiger partial charge in [-0.15, -0.1) is 0 Å². The largest absolute Gasteiger partial charge is 0.330 e. The molecule has 0 atom stereocenters.